The molecule has 0 saturated carbocycles. The van der Waals surface area contributed by atoms with Gasteiger partial charge in [0.2, 0.25) is 5.95 Å². The number of benzene rings is 3. The van der Waals surface area contributed by atoms with Crippen molar-refractivity contribution in [3.05, 3.63) is 89.5 Å². The predicted molar refractivity (Wildman–Crippen MR) is 113 cm³/mol. The molecule has 0 unspecified atom stereocenters. The Morgan fingerprint density at radius 3 is 2.41 bits per heavy atom. The molecule has 1 aromatic heterocycles. The van der Waals surface area contributed by atoms with E-state index in [-0.39, 0.29) is 0 Å². The van der Waals surface area contributed by atoms with Crippen LogP contribution in [0, 0.1) is 13.8 Å². The highest BCUT2D eigenvalue weighted by molar-refractivity contribution is 5.90. The van der Waals surface area contributed by atoms with Gasteiger partial charge in [-0.1, -0.05) is 54.1 Å². The van der Waals surface area contributed by atoms with Gasteiger partial charge in [-0.05, 0) is 49.2 Å². The maximum atomic E-state index is 4.73. The van der Waals surface area contributed by atoms with Gasteiger partial charge in [0.1, 0.15) is 5.82 Å². The first kappa shape index (κ1) is 17.0. The molecule has 4 aromatic rings. The normalized spacial score (nSPS) is 10.7. The molecule has 0 atom stereocenters. The van der Waals surface area contributed by atoms with Crippen molar-refractivity contribution in [1.29, 1.82) is 0 Å². The summed E-state index contributed by atoms with van der Waals surface area (Å²) >= 11 is 0. The van der Waals surface area contributed by atoms with Crippen LogP contribution in [0.15, 0.2) is 72.8 Å². The molecule has 0 fully saturated rings. The van der Waals surface area contributed by atoms with Gasteiger partial charge in [0, 0.05) is 17.6 Å². The largest absolute Gasteiger partial charge is 0.365 e. The van der Waals surface area contributed by atoms with Crippen molar-refractivity contribution in [2.75, 3.05) is 10.6 Å². The minimum absolute atomic E-state index is 0.589. The van der Waals surface area contributed by atoms with E-state index >= 15 is 0 Å². The Morgan fingerprint density at radius 2 is 1.59 bits per heavy atom. The van der Waals surface area contributed by atoms with E-state index in [1.165, 1.54) is 16.7 Å². The Kier molecular flexibility index (Phi) is 4.71. The van der Waals surface area contributed by atoms with Crippen molar-refractivity contribution in [3.8, 4) is 0 Å². The quantitative estimate of drug-likeness (QED) is 0.489. The Balaban J connectivity index is 1.64. The minimum Gasteiger partial charge on any atom is -0.365 e. The molecule has 0 spiro atoms. The van der Waals surface area contributed by atoms with Crippen molar-refractivity contribution in [1.82, 2.24) is 9.97 Å². The molecular weight excluding hydrogens is 332 g/mol. The molecule has 4 rings (SSSR count). The Hall–Kier alpha value is -3.40. The Morgan fingerprint density at radius 1 is 0.778 bits per heavy atom. The monoisotopic (exact) mass is 354 g/mol. The predicted octanol–water partition coefficient (Wildman–Crippen LogP) is 5.60. The molecule has 1 heterocycles. The molecule has 134 valence electrons. The highest BCUT2D eigenvalue weighted by atomic mass is 15.1. The number of fused-ring (bicyclic) bond motifs is 1. The smallest absolute Gasteiger partial charge is 0.229 e. The second-order valence-electron chi connectivity index (χ2n) is 6.75. The lowest BCUT2D eigenvalue weighted by Crippen LogP contribution is -2.05. The number of hydrogen-bond donors (Lipinski definition) is 2. The average molecular weight is 354 g/mol. The van der Waals surface area contributed by atoms with E-state index in [0.717, 1.165) is 22.4 Å². The topological polar surface area (TPSA) is 49.8 Å². The summed E-state index contributed by atoms with van der Waals surface area (Å²) in [5.41, 5.74) is 5.56. The van der Waals surface area contributed by atoms with Gasteiger partial charge in [0.05, 0.1) is 5.52 Å². The van der Waals surface area contributed by atoms with Crippen LogP contribution < -0.4 is 10.6 Å². The number of para-hydroxylation sites is 1. The summed E-state index contributed by atoms with van der Waals surface area (Å²) in [5.74, 6) is 1.42. The molecule has 2 N–H and O–H groups in total. The van der Waals surface area contributed by atoms with Crippen LogP contribution in [-0.4, -0.2) is 9.97 Å². The lowest BCUT2D eigenvalue weighted by atomic mass is 10.1. The van der Waals surface area contributed by atoms with Gasteiger partial charge in [0.15, 0.2) is 0 Å². The molecule has 0 saturated heterocycles. The number of hydrogen-bond acceptors (Lipinski definition) is 4. The van der Waals surface area contributed by atoms with E-state index in [1.807, 2.05) is 36.4 Å². The average Bonchev–Trinajstić information content (AvgIpc) is 2.67. The van der Waals surface area contributed by atoms with Gasteiger partial charge >= 0.3 is 0 Å². The molecule has 0 radical (unpaired) electrons. The molecule has 0 aliphatic rings. The summed E-state index contributed by atoms with van der Waals surface area (Å²) in [5, 5.41) is 7.80. The van der Waals surface area contributed by atoms with Crippen LogP contribution in [0.25, 0.3) is 10.9 Å². The van der Waals surface area contributed by atoms with Crippen LogP contribution in [0.4, 0.5) is 17.5 Å². The van der Waals surface area contributed by atoms with E-state index in [2.05, 4.69) is 65.9 Å². The summed E-state index contributed by atoms with van der Waals surface area (Å²) in [6, 6.07) is 24.8. The standard InChI is InChI=1S/C23H22N4/c1-16-10-12-18(13-11-16)15-24-22-20-8-3-4-9-21(20)26-23(27-22)25-19-7-5-6-17(2)14-19/h3-14H,15H2,1-2H3,(H2,24,25,26,27). The molecule has 3 aromatic carbocycles. The van der Waals surface area contributed by atoms with Crippen LogP contribution in [0.2, 0.25) is 0 Å². The van der Waals surface area contributed by atoms with Gasteiger partial charge in [-0.2, -0.15) is 4.98 Å². The first-order chi connectivity index (χ1) is 13.2. The minimum atomic E-state index is 0.589. The number of aryl methyl sites for hydroxylation is 2. The number of aromatic nitrogens is 2. The van der Waals surface area contributed by atoms with E-state index < -0.39 is 0 Å². The summed E-state index contributed by atoms with van der Waals surface area (Å²) in [6.45, 7) is 4.88. The van der Waals surface area contributed by atoms with Crippen LogP contribution >= 0.6 is 0 Å². The zero-order valence-corrected chi connectivity index (χ0v) is 15.5. The van der Waals surface area contributed by atoms with Gasteiger partial charge in [0.25, 0.3) is 0 Å². The lowest BCUT2D eigenvalue weighted by molar-refractivity contribution is 1.10. The maximum Gasteiger partial charge on any atom is 0.229 e. The molecule has 27 heavy (non-hydrogen) atoms. The summed E-state index contributed by atoms with van der Waals surface area (Å²) in [4.78, 5) is 9.39. The maximum absolute atomic E-state index is 4.73. The van der Waals surface area contributed by atoms with Crippen molar-refractivity contribution in [3.63, 3.8) is 0 Å². The van der Waals surface area contributed by atoms with Gasteiger partial charge in [-0.25, -0.2) is 4.98 Å². The number of rotatable bonds is 5. The highest BCUT2D eigenvalue weighted by Gasteiger charge is 2.08. The summed E-state index contributed by atoms with van der Waals surface area (Å²) in [7, 11) is 0. The second kappa shape index (κ2) is 7.46. The lowest BCUT2D eigenvalue weighted by Gasteiger charge is -2.12. The third-order valence-corrected chi connectivity index (χ3v) is 4.46. The van der Waals surface area contributed by atoms with Gasteiger partial charge in [-0.3, -0.25) is 0 Å². The highest BCUT2D eigenvalue weighted by Crippen LogP contribution is 2.24. The van der Waals surface area contributed by atoms with E-state index in [4.69, 9.17) is 4.98 Å². The molecule has 0 bridgehead atoms. The Labute approximate surface area is 159 Å². The fourth-order valence-electron chi connectivity index (χ4n) is 3.01. The number of anilines is 3. The molecule has 0 amide bonds. The van der Waals surface area contributed by atoms with Crippen molar-refractivity contribution < 1.29 is 0 Å². The van der Waals surface area contributed by atoms with Crippen molar-refractivity contribution >= 4 is 28.4 Å². The van der Waals surface area contributed by atoms with Crippen molar-refractivity contribution in [2.45, 2.75) is 20.4 Å². The van der Waals surface area contributed by atoms with E-state index in [0.29, 0.717) is 12.5 Å². The summed E-state index contributed by atoms with van der Waals surface area (Å²) < 4.78 is 0. The SMILES string of the molecule is Cc1ccc(CNc2nc(Nc3cccc(C)c3)nc3ccccc23)cc1. The van der Waals surface area contributed by atoms with Gasteiger partial charge < -0.3 is 10.6 Å². The third-order valence-electron chi connectivity index (χ3n) is 4.46. The fraction of sp³-hybridized carbons (Fsp3) is 0.130. The number of nitrogens with one attached hydrogen (secondary N) is 2. The van der Waals surface area contributed by atoms with Crippen molar-refractivity contribution in [2.24, 2.45) is 0 Å². The molecular formula is C23H22N4. The molecule has 4 heteroatoms. The van der Waals surface area contributed by atoms with Crippen LogP contribution in [-0.2, 0) is 6.54 Å². The van der Waals surface area contributed by atoms with E-state index in [9.17, 15) is 0 Å². The number of nitrogens with zero attached hydrogens (tertiary/aromatic N) is 2. The van der Waals surface area contributed by atoms with E-state index in [1.54, 1.807) is 0 Å². The zero-order chi connectivity index (χ0) is 18.6. The summed E-state index contributed by atoms with van der Waals surface area (Å²) in [6.07, 6.45) is 0. The second-order valence-corrected chi connectivity index (χ2v) is 6.75. The van der Waals surface area contributed by atoms with Crippen LogP contribution in [0.1, 0.15) is 16.7 Å². The molecule has 0 aliphatic carbocycles. The molecule has 0 aliphatic heterocycles. The van der Waals surface area contributed by atoms with Crippen LogP contribution in [0.3, 0.4) is 0 Å². The Bertz CT molecular complexity index is 1070. The van der Waals surface area contributed by atoms with Gasteiger partial charge in [-0.15, -0.1) is 0 Å². The molecule has 4 nitrogen and oxygen atoms in total. The van der Waals surface area contributed by atoms with Crippen LogP contribution in [0.5, 0.6) is 0 Å². The first-order valence-corrected chi connectivity index (χ1v) is 9.07. The zero-order valence-electron chi connectivity index (χ0n) is 15.5. The fourth-order valence-corrected chi connectivity index (χ4v) is 3.01. The first-order valence-electron chi connectivity index (χ1n) is 9.07. The third kappa shape index (κ3) is 4.06.